The van der Waals surface area contributed by atoms with Gasteiger partial charge in [-0.05, 0) is 28.5 Å². The largest absolute Gasteiger partial charge is 0.480 e. The number of aliphatic carboxylic acids is 1. The number of carboxylic acid groups (broad SMARTS) is 1. The van der Waals surface area contributed by atoms with E-state index in [4.69, 9.17) is 4.42 Å². The number of rotatable bonds is 5. The molecule has 5 heteroatoms. The zero-order chi connectivity index (χ0) is 16.2. The molecule has 1 unspecified atom stereocenters. The lowest BCUT2D eigenvalue weighted by Crippen LogP contribution is -2.42. The van der Waals surface area contributed by atoms with Gasteiger partial charge in [-0.25, -0.2) is 4.79 Å². The molecule has 3 aromatic rings. The van der Waals surface area contributed by atoms with E-state index in [1.54, 1.807) is 6.07 Å². The minimum Gasteiger partial charge on any atom is -0.480 e. The number of fused-ring (bicyclic) bond motifs is 1. The van der Waals surface area contributed by atoms with Gasteiger partial charge in [0, 0.05) is 6.42 Å². The molecule has 1 aromatic heterocycles. The van der Waals surface area contributed by atoms with E-state index in [1.807, 2.05) is 42.5 Å². The molecule has 0 fully saturated rings. The SMILES string of the molecule is O=C(NC(Cc1ccc2ccccc2c1)C(=O)O)c1ccco1. The van der Waals surface area contributed by atoms with Gasteiger partial charge in [-0.1, -0.05) is 42.5 Å². The van der Waals surface area contributed by atoms with Gasteiger partial charge in [0.05, 0.1) is 6.26 Å². The molecule has 0 saturated carbocycles. The van der Waals surface area contributed by atoms with Crippen molar-refractivity contribution >= 4 is 22.6 Å². The summed E-state index contributed by atoms with van der Waals surface area (Å²) >= 11 is 0. The highest BCUT2D eigenvalue weighted by Gasteiger charge is 2.22. The molecule has 3 rings (SSSR count). The number of carbonyl (C=O) groups excluding carboxylic acids is 1. The summed E-state index contributed by atoms with van der Waals surface area (Å²) in [5.41, 5.74) is 0.843. The Bertz CT molecular complexity index is 839. The minimum atomic E-state index is -1.09. The maximum atomic E-state index is 12.0. The number of benzene rings is 2. The zero-order valence-corrected chi connectivity index (χ0v) is 12.2. The summed E-state index contributed by atoms with van der Waals surface area (Å²) in [4.78, 5) is 23.4. The van der Waals surface area contributed by atoms with Gasteiger partial charge in [-0.3, -0.25) is 4.79 Å². The molecule has 0 aliphatic heterocycles. The van der Waals surface area contributed by atoms with Crippen molar-refractivity contribution < 1.29 is 19.1 Å². The molecule has 2 N–H and O–H groups in total. The molecule has 1 heterocycles. The van der Waals surface area contributed by atoms with Crippen LogP contribution in [0.4, 0.5) is 0 Å². The van der Waals surface area contributed by atoms with Crippen molar-refractivity contribution in [2.24, 2.45) is 0 Å². The van der Waals surface area contributed by atoms with Crippen LogP contribution in [0.3, 0.4) is 0 Å². The van der Waals surface area contributed by atoms with Gasteiger partial charge in [0.25, 0.3) is 5.91 Å². The highest BCUT2D eigenvalue weighted by Crippen LogP contribution is 2.17. The summed E-state index contributed by atoms with van der Waals surface area (Å²) in [7, 11) is 0. The number of hydrogen-bond acceptors (Lipinski definition) is 3. The van der Waals surface area contributed by atoms with Gasteiger partial charge in [0.1, 0.15) is 6.04 Å². The summed E-state index contributed by atoms with van der Waals surface area (Å²) in [6, 6.07) is 15.6. The van der Waals surface area contributed by atoms with E-state index in [0.29, 0.717) is 0 Å². The van der Waals surface area contributed by atoms with Crippen molar-refractivity contribution in [1.29, 1.82) is 0 Å². The van der Waals surface area contributed by atoms with Gasteiger partial charge < -0.3 is 14.8 Å². The molecule has 1 amide bonds. The lowest BCUT2D eigenvalue weighted by atomic mass is 10.0. The third kappa shape index (κ3) is 3.40. The van der Waals surface area contributed by atoms with Gasteiger partial charge in [0.15, 0.2) is 5.76 Å². The molecule has 0 aliphatic carbocycles. The van der Waals surface area contributed by atoms with Crippen molar-refractivity contribution in [3.8, 4) is 0 Å². The van der Waals surface area contributed by atoms with Gasteiger partial charge >= 0.3 is 5.97 Å². The Balaban J connectivity index is 1.78. The molecule has 2 aromatic carbocycles. The second-order valence-electron chi connectivity index (χ2n) is 5.23. The van der Waals surface area contributed by atoms with Crippen LogP contribution in [0.2, 0.25) is 0 Å². The smallest absolute Gasteiger partial charge is 0.326 e. The van der Waals surface area contributed by atoms with E-state index in [1.165, 1.54) is 12.3 Å². The van der Waals surface area contributed by atoms with Gasteiger partial charge in [-0.15, -0.1) is 0 Å². The van der Waals surface area contributed by atoms with Crippen LogP contribution in [0.1, 0.15) is 16.1 Å². The molecule has 0 aliphatic rings. The van der Waals surface area contributed by atoms with Crippen molar-refractivity contribution in [1.82, 2.24) is 5.32 Å². The first-order chi connectivity index (χ1) is 11.1. The Labute approximate surface area is 132 Å². The number of furan rings is 1. The molecule has 0 saturated heterocycles. The van der Waals surface area contributed by atoms with E-state index >= 15 is 0 Å². The first-order valence-electron chi connectivity index (χ1n) is 7.18. The van der Waals surface area contributed by atoms with Crippen molar-refractivity contribution in [3.63, 3.8) is 0 Å². The molecule has 0 spiro atoms. The average molecular weight is 309 g/mol. The van der Waals surface area contributed by atoms with Crippen molar-refractivity contribution in [3.05, 3.63) is 72.2 Å². The maximum Gasteiger partial charge on any atom is 0.326 e. The van der Waals surface area contributed by atoms with E-state index in [2.05, 4.69) is 5.32 Å². The normalized spacial score (nSPS) is 12.0. The summed E-state index contributed by atoms with van der Waals surface area (Å²) in [6.45, 7) is 0. The van der Waals surface area contributed by atoms with E-state index in [9.17, 15) is 14.7 Å². The van der Waals surface area contributed by atoms with E-state index in [-0.39, 0.29) is 12.2 Å². The summed E-state index contributed by atoms with van der Waals surface area (Å²) in [6.07, 6.45) is 1.57. The average Bonchev–Trinajstić information content (AvgIpc) is 3.08. The maximum absolute atomic E-state index is 12.0. The predicted octanol–water partition coefficient (Wildman–Crippen LogP) is 2.86. The zero-order valence-electron chi connectivity index (χ0n) is 12.2. The Morgan fingerprint density at radius 3 is 2.52 bits per heavy atom. The van der Waals surface area contributed by atoms with Gasteiger partial charge in [0.2, 0.25) is 0 Å². The fraction of sp³-hybridized carbons (Fsp3) is 0.111. The Morgan fingerprint density at radius 2 is 1.83 bits per heavy atom. The van der Waals surface area contributed by atoms with E-state index < -0.39 is 17.9 Å². The molecule has 116 valence electrons. The molecular formula is C18H15NO4. The van der Waals surface area contributed by atoms with Crippen molar-refractivity contribution in [2.45, 2.75) is 12.5 Å². The predicted molar refractivity (Wildman–Crippen MR) is 85.3 cm³/mol. The second-order valence-corrected chi connectivity index (χ2v) is 5.23. The summed E-state index contributed by atoms with van der Waals surface area (Å²) < 4.78 is 4.98. The fourth-order valence-corrected chi connectivity index (χ4v) is 2.44. The molecule has 23 heavy (non-hydrogen) atoms. The van der Waals surface area contributed by atoms with Gasteiger partial charge in [-0.2, -0.15) is 0 Å². The van der Waals surface area contributed by atoms with Crippen LogP contribution in [0.5, 0.6) is 0 Å². The summed E-state index contributed by atoms with van der Waals surface area (Å²) in [5.74, 6) is -1.53. The highest BCUT2D eigenvalue weighted by atomic mass is 16.4. The fourth-order valence-electron chi connectivity index (χ4n) is 2.44. The Hall–Kier alpha value is -3.08. The third-order valence-corrected chi connectivity index (χ3v) is 3.60. The monoisotopic (exact) mass is 309 g/mol. The first-order valence-corrected chi connectivity index (χ1v) is 7.18. The molecule has 0 radical (unpaired) electrons. The minimum absolute atomic E-state index is 0.0924. The second kappa shape index (κ2) is 6.36. The number of amides is 1. The summed E-state index contributed by atoms with van der Waals surface area (Å²) in [5, 5.41) is 14.0. The topological polar surface area (TPSA) is 79.5 Å². The van der Waals surface area contributed by atoms with Crippen LogP contribution in [0, 0.1) is 0 Å². The lowest BCUT2D eigenvalue weighted by molar-refractivity contribution is -0.139. The quantitative estimate of drug-likeness (QED) is 0.759. The van der Waals surface area contributed by atoms with Crippen LogP contribution in [0.15, 0.2) is 65.3 Å². The van der Waals surface area contributed by atoms with Crippen LogP contribution >= 0.6 is 0 Å². The van der Waals surface area contributed by atoms with Crippen LogP contribution in [0.25, 0.3) is 10.8 Å². The molecule has 1 atom stereocenters. The Kier molecular flexibility index (Phi) is 4.10. The third-order valence-electron chi connectivity index (χ3n) is 3.60. The number of carbonyl (C=O) groups is 2. The number of carboxylic acids is 1. The standard InChI is InChI=1S/C18H15NO4/c20-17(16-6-3-9-23-16)19-15(18(21)22)11-12-7-8-13-4-1-2-5-14(13)10-12/h1-10,15H,11H2,(H,19,20)(H,21,22). The van der Waals surface area contributed by atoms with Crippen molar-refractivity contribution in [2.75, 3.05) is 0 Å². The first kappa shape index (κ1) is 14.8. The highest BCUT2D eigenvalue weighted by molar-refractivity contribution is 5.94. The van der Waals surface area contributed by atoms with E-state index in [0.717, 1.165) is 16.3 Å². The molecule has 0 bridgehead atoms. The molecular weight excluding hydrogens is 294 g/mol. The van der Waals surface area contributed by atoms with Crippen LogP contribution < -0.4 is 5.32 Å². The van der Waals surface area contributed by atoms with Crippen LogP contribution in [-0.4, -0.2) is 23.0 Å². The lowest BCUT2D eigenvalue weighted by Gasteiger charge is -2.14. The molecule has 5 nitrogen and oxygen atoms in total. The number of hydrogen-bond donors (Lipinski definition) is 2. The van der Waals surface area contributed by atoms with Crippen LogP contribution in [-0.2, 0) is 11.2 Å². The Morgan fingerprint density at radius 1 is 1.04 bits per heavy atom. The number of nitrogens with one attached hydrogen (secondary N) is 1.